The summed E-state index contributed by atoms with van der Waals surface area (Å²) in [6.07, 6.45) is -0.179. The lowest BCUT2D eigenvalue weighted by Crippen LogP contribution is -2.60. The Morgan fingerprint density at radius 1 is 0.952 bits per heavy atom. The van der Waals surface area contributed by atoms with Crippen LogP contribution in [0.5, 0.6) is 11.5 Å². The van der Waals surface area contributed by atoms with E-state index < -0.39 is 74.5 Å². The maximum absolute atomic E-state index is 14.8. The van der Waals surface area contributed by atoms with Crippen LogP contribution in [0.2, 0.25) is 0 Å². The van der Waals surface area contributed by atoms with E-state index in [1.165, 1.54) is 42.2 Å². The highest BCUT2D eigenvalue weighted by Gasteiger charge is 2.61. The van der Waals surface area contributed by atoms with Crippen molar-refractivity contribution in [2.45, 2.75) is 95.5 Å². The summed E-state index contributed by atoms with van der Waals surface area (Å²) in [5.74, 6) is -2.34. The number of alkyl carbamates (subject to hydrolysis) is 1. The van der Waals surface area contributed by atoms with Crippen LogP contribution in [0.1, 0.15) is 61.3 Å². The van der Waals surface area contributed by atoms with Gasteiger partial charge in [0.05, 0.1) is 29.8 Å². The number of pyridine rings is 1. The normalized spacial score (nSPS) is 20.2. The van der Waals surface area contributed by atoms with Crippen LogP contribution in [-0.4, -0.2) is 91.0 Å². The van der Waals surface area contributed by atoms with E-state index in [4.69, 9.17) is 19.2 Å². The van der Waals surface area contributed by atoms with Gasteiger partial charge in [-0.1, -0.05) is 57.2 Å². The number of nitrogens with one attached hydrogen (secondary N) is 4. The quantitative estimate of drug-likeness (QED) is 0.119. The number of rotatable bonds is 13. The van der Waals surface area contributed by atoms with Crippen LogP contribution in [0, 0.1) is 11.3 Å². The number of nitrogens with zero attached hydrogens (tertiary/aromatic N) is 2. The lowest BCUT2D eigenvalue weighted by molar-refractivity contribution is -0.143. The molecule has 3 aromatic carbocycles. The van der Waals surface area contributed by atoms with Crippen molar-refractivity contribution in [2.75, 3.05) is 19.0 Å². The van der Waals surface area contributed by atoms with Gasteiger partial charge in [-0.15, -0.1) is 6.58 Å². The van der Waals surface area contributed by atoms with Crippen LogP contribution in [0.4, 0.5) is 10.5 Å². The number of sulfonamides is 1. The average molecular weight is 883 g/mol. The minimum Gasteiger partial charge on any atom is -0.497 e. The van der Waals surface area contributed by atoms with Crippen LogP contribution >= 0.6 is 0 Å². The largest absolute Gasteiger partial charge is 0.497 e. The van der Waals surface area contributed by atoms with Crippen molar-refractivity contribution >= 4 is 56.3 Å². The van der Waals surface area contributed by atoms with Crippen molar-refractivity contribution in [1.82, 2.24) is 25.2 Å². The first-order valence-electron chi connectivity index (χ1n) is 20.4. The summed E-state index contributed by atoms with van der Waals surface area (Å²) in [5.41, 5.74) is -1.11. The third-order valence-corrected chi connectivity index (χ3v) is 12.1. The van der Waals surface area contributed by atoms with E-state index >= 15 is 0 Å². The SMILES string of the molecule is C=CC1CC1(NC(=O)C1CC(Oc2cc(-c3ccccc3)nc3cc(OC)ccc23)CN1C(=O)C(NC(=O)OC(C)(C)C)C(C)(C)C)C(=O)NS(=O)(=O)c1ccc(NC(C)=O)cc1. The van der Waals surface area contributed by atoms with Gasteiger partial charge in [-0.3, -0.25) is 19.2 Å². The van der Waals surface area contributed by atoms with Crippen molar-refractivity contribution in [3.05, 3.63) is 91.5 Å². The minimum absolute atomic E-state index is 0.0329. The summed E-state index contributed by atoms with van der Waals surface area (Å²) in [6, 6.07) is 19.4. The molecule has 5 atom stereocenters. The maximum Gasteiger partial charge on any atom is 0.408 e. The van der Waals surface area contributed by atoms with Crippen molar-refractivity contribution in [3.63, 3.8) is 0 Å². The highest BCUT2D eigenvalue weighted by atomic mass is 32.2. The first kappa shape index (κ1) is 46.0. The molecule has 5 amide bonds. The Morgan fingerprint density at radius 3 is 2.22 bits per heavy atom. The number of likely N-dealkylation sites (tertiary alicyclic amines) is 1. The molecule has 63 heavy (non-hydrogen) atoms. The Hall–Kier alpha value is -6.49. The van der Waals surface area contributed by atoms with Gasteiger partial charge in [-0.25, -0.2) is 22.9 Å². The molecule has 1 saturated carbocycles. The fraction of sp³-hybridized carbons (Fsp3) is 0.391. The number of hydrogen-bond acceptors (Lipinski definition) is 11. The molecule has 0 spiro atoms. The fourth-order valence-electron chi connectivity index (χ4n) is 7.48. The molecule has 1 saturated heterocycles. The van der Waals surface area contributed by atoms with Gasteiger partial charge in [-0.2, -0.15) is 0 Å². The first-order valence-corrected chi connectivity index (χ1v) is 21.9. The lowest BCUT2D eigenvalue weighted by atomic mass is 9.85. The van der Waals surface area contributed by atoms with Crippen LogP contribution in [0.15, 0.2) is 96.4 Å². The number of ether oxygens (including phenoxy) is 3. The summed E-state index contributed by atoms with van der Waals surface area (Å²) in [4.78, 5) is 74.0. The van der Waals surface area contributed by atoms with Crippen molar-refractivity contribution in [1.29, 1.82) is 0 Å². The highest BCUT2D eigenvalue weighted by Crippen LogP contribution is 2.45. The molecule has 2 fully saturated rings. The summed E-state index contributed by atoms with van der Waals surface area (Å²) in [7, 11) is -2.89. The van der Waals surface area contributed by atoms with Gasteiger partial charge in [0.2, 0.25) is 17.7 Å². The van der Waals surface area contributed by atoms with E-state index in [1.54, 1.807) is 66.9 Å². The van der Waals surface area contributed by atoms with Crippen molar-refractivity contribution < 1.29 is 46.6 Å². The second-order valence-electron chi connectivity index (χ2n) is 17.8. The zero-order chi connectivity index (χ0) is 46.1. The second kappa shape index (κ2) is 17.7. The summed E-state index contributed by atoms with van der Waals surface area (Å²) >= 11 is 0. The summed E-state index contributed by atoms with van der Waals surface area (Å²) in [6.45, 7) is 15.4. The van der Waals surface area contributed by atoms with E-state index in [2.05, 4.69) is 27.3 Å². The highest BCUT2D eigenvalue weighted by molar-refractivity contribution is 7.90. The number of methoxy groups -OCH3 is 1. The fourth-order valence-corrected chi connectivity index (χ4v) is 8.52. The standard InChI is InChI=1S/C46H54N6O10S/c1-10-29-25-46(29,42(56)51-63(58,59)33-19-16-30(17-20-33)47-27(2)53)50-40(54)37-23-32(26-52(37)41(55)39(44(3,4)5)49-43(57)62-45(6,7)8)61-38-24-35(28-14-12-11-13-15-28)48-36-22-31(60-9)18-21-34(36)38/h10-22,24,29,32,37,39H,1,23,25-26H2,2-9H3,(H,47,53)(H,49,57)(H,50,54)(H,51,56). The third-order valence-electron chi connectivity index (χ3n) is 10.7. The van der Waals surface area contributed by atoms with E-state index in [0.29, 0.717) is 33.8 Å². The second-order valence-corrected chi connectivity index (χ2v) is 19.5. The Balaban J connectivity index is 1.33. The summed E-state index contributed by atoms with van der Waals surface area (Å²) in [5, 5.41) is 8.70. The smallest absolute Gasteiger partial charge is 0.408 e. The average Bonchev–Trinajstić information content (AvgIpc) is 3.77. The van der Waals surface area contributed by atoms with Gasteiger partial charge in [0.25, 0.3) is 15.9 Å². The zero-order valence-corrected chi connectivity index (χ0v) is 37.4. The van der Waals surface area contributed by atoms with Gasteiger partial charge >= 0.3 is 6.09 Å². The predicted molar refractivity (Wildman–Crippen MR) is 236 cm³/mol. The minimum atomic E-state index is -4.45. The van der Waals surface area contributed by atoms with E-state index in [0.717, 1.165) is 5.56 Å². The Morgan fingerprint density at radius 2 is 1.63 bits per heavy atom. The molecule has 1 aliphatic heterocycles. The van der Waals surface area contributed by atoms with Crippen molar-refractivity contribution in [2.24, 2.45) is 11.3 Å². The number of carbonyl (C=O) groups is 5. The molecule has 4 aromatic rings. The van der Waals surface area contributed by atoms with Gasteiger partial charge < -0.3 is 35.1 Å². The molecular formula is C46H54N6O10S. The molecular weight excluding hydrogens is 829 g/mol. The monoisotopic (exact) mass is 882 g/mol. The van der Waals surface area contributed by atoms with Gasteiger partial charge in [0.1, 0.15) is 40.8 Å². The molecule has 334 valence electrons. The lowest BCUT2D eigenvalue weighted by Gasteiger charge is -2.36. The van der Waals surface area contributed by atoms with Gasteiger partial charge in [-0.05, 0) is 69.0 Å². The molecule has 6 rings (SSSR count). The Bertz CT molecular complexity index is 2540. The van der Waals surface area contributed by atoms with E-state index in [-0.39, 0.29) is 30.2 Å². The first-order chi connectivity index (χ1) is 29.5. The maximum atomic E-state index is 14.8. The molecule has 1 aliphatic carbocycles. The van der Waals surface area contributed by atoms with Crippen molar-refractivity contribution in [3.8, 4) is 22.8 Å². The van der Waals surface area contributed by atoms with Crippen LogP contribution < -0.4 is 30.1 Å². The predicted octanol–water partition coefficient (Wildman–Crippen LogP) is 5.72. The molecule has 5 unspecified atom stereocenters. The molecule has 16 nitrogen and oxygen atoms in total. The molecule has 0 radical (unpaired) electrons. The van der Waals surface area contributed by atoms with Gasteiger partial charge in [0, 0.05) is 48.0 Å². The number of aromatic nitrogens is 1. The molecule has 17 heteroatoms. The van der Waals surface area contributed by atoms with Gasteiger partial charge in [0.15, 0.2) is 0 Å². The number of carbonyl (C=O) groups excluding carboxylic acids is 5. The Kier molecular flexibility index (Phi) is 12.9. The van der Waals surface area contributed by atoms with E-state index in [1.807, 2.05) is 36.4 Å². The number of amides is 5. The Labute approximate surface area is 367 Å². The number of benzene rings is 3. The molecule has 4 N–H and O–H groups in total. The van der Waals surface area contributed by atoms with Crippen LogP contribution in [0.3, 0.4) is 0 Å². The van der Waals surface area contributed by atoms with Crippen LogP contribution in [-0.2, 0) is 33.9 Å². The molecule has 2 heterocycles. The topological polar surface area (TPSA) is 211 Å². The third kappa shape index (κ3) is 10.6. The molecule has 0 bridgehead atoms. The number of fused-ring (bicyclic) bond motifs is 1. The van der Waals surface area contributed by atoms with Crippen LogP contribution in [0.25, 0.3) is 22.2 Å². The molecule has 1 aromatic heterocycles. The summed E-state index contributed by atoms with van der Waals surface area (Å²) < 4.78 is 46.7. The molecule has 2 aliphatic rings. The van der Waals surface area contributed by atoms with E-state index in [9.17, 15) is 32.4 Å². The number of hydrogen-bond donors (Lipinski definition) is 4. The zero-order valence-electron chi connectivity index (χ0n) is 36.6. The number of anilines is 1.